The Balaban J connectivity index is 1.73. The second-order valence-corrected chi connectivity index (χ2v) is 7.62. The fraction of sp³-hybridized carbons (Fsp3) is 0.125. The average molecular weight is 387 g/mol. The molecule has 0 unspecified atom stereocenters. The molecule has 3 nitrogen and oxygen atoms in total. The molecule has 2 N–H and O–H groups in total. The first-order valence-electron chi connectivity index (χ1n) is 9.00. The summed E-state index contributed by atoms with van der Waals surface area (Å²) in [5.74, 6) is 6.73. The minimum atomic E-state index is -0.926. The summed E-state index contributed by atoms with van der Waals surface area (Å²) < 4.78 is 0. The molecule has 0 atom stereocenters. The Kier molecular flexibility index (Phi) is 4.68. The maximum absolute atomic E-state index is 10.5. The molecular formula is C24H19ClN2O. The number of H-pyrrole nitrogens is 1. The van der Waals surface area contributed by atoms with E-state index in [0.717, 1.165) is 33.3 Å². The number of aromatic nitrogens is 2. The van der Waals surface area contributed by atoms with Crippen molar-refractivity contribution in [3.05, 3.63) is 88.7 Å². The third-order valence-corrected chi connectivity index (χ3v) is 4.77. The molecule has 1 aromatic heterocycles. The third-order valence-electron chi connectivity index (χ3n) is 4.53. The van der Waals surface area contributed by atoms with E-state index in [9.17, 15) is 5.11 Å². The smallest absolute Gasteiger partial charge is 0.184 e. The number of imidazole rings is 1. The Morgan fingerprint density at radius 2 is 1.79 bits per heavy atom. The SMILES string of the molecule is CC(C)(O)c1ccccc1-c1ccc2[nH]c(C#Cc3cccc(Cl)c3)nc2c1. The Morgan fingerprint density at radius 1 is 0.964 bits per heavy atom. The van der Waals surface area contributed by atoms with Crippen LogP contribution in [0.15, 0.2) is 66.7 Å². The number of hydrogen-bond acceptors (Lipinski definition) is 2. The maximum Gasteiger partial charge on any atom is 0.184 e. The van der Waals surface area contributed by atoms with E-state index in [-0.39, 0.29) is 0 Å². The van der Waals surface area contributed by atoms with Gasteiger partial charge in [0.05, 0.1) is 16.6 Å². The minimum absolute atomic E-state index is 0.600. The van der Waals surface area contributed by atoms with Crippen LogP contribution in [0.3, 0.4) is 0 Å². The zero-order valence-corrected chi connectivity index (χ0v) is 16.4. The zero-order chi connectivity index (χ0) is 19.7. The third kappa shape index (κ3) is 3.80. The van der Waals surface area contributed by atoms with E-state index in [1.165, 1.54) is 0 Å². The van der Waals surface area contributed by atoms with Gasteiger partial charge in [-0.25, -0.2) is 4.98 Å². The standard InChI is InChI=1S/C24H19ClN2O/c1-24(2,28)20-9-4-3-8-19(20)17-11-12-21-22(15-17)27-23(26-21)13-10-16-6-5-7-18(25)14-16/h3-9,11-12,14-15,28H,1-2H3,(H,26,27). The van der Waals surface area contributed by atoms with Gasteiger partial charge in [0.15, 0.2) is 5.82 Å². The van der Waals surface area contributed by atoms with Gasteiger partial charge >= 0.3 is 0 Å². The number of nitrogens with zero attached hydrogens (tertiary/aromatic N) is 1. The van der Waals surface area contributed by atoms with E-state index in [4.69, 9.17) is 11.6 Å². The van der Waals surface area contributed by atoms with Crippen LogP contribution in [0.4, 0.5) is 0 Å². The van der Waals surface area contributed by atoms with E-state index >= 15 is 0 Å². The number of benzene rings is 3. The molecule has 3 aromatic carbocycles. The second kappa shape index (κ2) is 7.16. The molecule has 4 aromatic rings. The molecular weight excluding hydrogens is 368 g/mol. The molecule has 138 valence electrons. The van der Waals surface area contributed by atoms with E-state index in [2.05, 4.69) is 21.8 Å². The van der Waals surface area contributed by atoms with Crippen molar-refractivity contribution in [2.45, 2.75) is 19.4 Å². The van der Waals surface area contributed by atoms with Crippen LogP contribution < -0.4 is 0 Å². The molecule has 0 saturated heterocycles. The van der Waals surface area contributed by atoms with Crippen LogP contribution in [0.5, 0.6) is 0 Å². The summed E-state index contributed by atoms with van der Waals surface area (Å²) in [5.41, 5.74) is 4.54. The van der Waals surface area contributed by atoms with E-state index in [1.54, 1.807) is 13.8 Å². The van der Waals surface area contributed by atoms with Crippen LogP contribution in [-0.2, 0) is 5.60 Å². The maximum atomic E-state index is 10.5. The molecule has 0 aliphatic heterocycles. The molecule has 0 aliphatic rings. The molecule has 0 aliphatic carbocycles. The van der Waals surface area contributed by atoms with E-state index in [0.29, 0.717) is 10.8 Å². The Bertz CT molecular complexity index is 1220. The van der Waals surface area contributed by atoms with Crippen molar-refractivity contribution >= 4 is 22.6 Å². The molecule has 0 spiro atoms. The number of aromatic amines is 1. The first-order chi connectivity index (χ1) is 13.4. The molecule has 28 heavy (non-hydrogen) atoms. The van der Waals surface area contributed by atoms with Gasteiger partial charge in [-0.05, 0) is 66.8 Å². The van der Waals surface area contributed by atoms with Crippen molar-refractivity contribution in [3.8, 4) is 23.0 Å². The predicted molar refractivity (Wildman–Crippen MR) is 114 cm³/mol. The Morgan fingerprint density at radius 3 is 2.57 bits per heavy atom. The van der Waals surface area contributed by atoms with Crippen molar-refractivity contribution in [1.29, 1.82) is 0 Å². The predicted octanol–water partition coefficient (Wildman–Crippen LogP) is 5.51. The van der Waals surface area contributed by atoms with Crippen LogP contribution in [0.2, 0.25) is 5.02 Å². The number of nitrogens with one attached hydrogen (secondary N) is 1. The van der Waals surface area contributed by atoms with Gasteiger partial charge in [0, 0.05) is 10.6 Å². The van der Waals surface area contributed by atoms with Gasteiger partial charge < -0.3 is 10.1 Å². The van der Waals surface area contributed by atoms with E-state index < -0.39 is 5.60 Å². The van der Waals surface area contributed by atoms with Crippen LogP contribution >= 0.6 is 11.6 Å². The number of rotatable bonds is 2. The molecule has 0 amide bonds. The van der Waals surface area contributed by atoms with Crippen molar-refractivity contribution in [2.75, 3.05) is 0 Å². The van der Waals surface area contributed by atoms with Gasteiger partial charge in [-0.2, -0.15) is 0 Å². The normalized spacial score (nSPS) is 11.3. The average Bonchev–Trinajstić information content (AvgIpc) is 3.08. The fourth-order valence-electron chi connectivity index (χ4n) is 3.20. The lowest BCUT2D eigenvalue weighted by atomic mass is 9.89. The summed E-state index contributed by atoms with van der Waals surface area (Å²) in [7, 11) is 0. The number of halogens is 1. The fourth-order valence-corrected chi connectivity index (χ4v) is 3.39. The summed E-state index contributed by atoms with van der Waals surface area (Å²) in [4.78, 5) is 7.84. The van der Waals surface area contributed by atoms with Crippen LogP contribution in [-0.4, -0.2) is 15.1 Å². The summed E-state index contributed by atoms with van der Waals surface area (Å²) in [6, 6.07) is 21.3. The van der Waals surface area contributed by atoms with Crippen LogP contribution in [0.1, 0.15) is 30.8 Å². The molecule has 0 radical (unpaired) electrons. The van der Waals surface area contributed by atoms with Gasteiger partial charge in [0.25, 0.3) is 0 Å². The molecule has 1 heterocycles. The highest BCUT2D eigenvalue weighted by Crippen LogP contribution is 2.32. The van der Waals surface area contributed by atoms with Crippen LogP contribution in [0, 0.1) is 11.8 Å². The highest BCUT2D eigenvalue weighted by Gasteiger charge is 2.20. The second-order valence-electron chi connectivity index (χ2n) is 7.18. The monoisotopic (exact) mass is 386 g/mol. The number of aliphatic hydroxyl groups is 1. The van der Waals surface area contributed by atoms with Crippen molar-refractivity contribution in [3.63, 3.8) is 0 Å². The zero-order valence-electron chi connectivity index (χ0n) is 15.6. The first-order valence-corrected chi connectivity index (χ1v) is 9.37. The summed E-state index contributed by atoms with van der Waals surface area (Å²) in [6.45, 7) is 3.59. The van der Waals surface area contributed by atoms with Gasteiger partial charge in [0.1, 0.15) is 0 Å². The topological polar surface area (TPSA) is 48.9 Å². The summed E-state index contributed by atoms with van der Waals surface area (Å²) in [6.07, 6.45) is 0. The van der Waals surface area contributed by atoms with Crippen molar-refractivity contribution in [1.82, 2.24) is 9.97 Å². The van der Waals surface area contributed by atoms with Gasteiger partial charge in [-0.3, -0.25) is 0 Å². The van der Waals surface area contributed by atoms with Crippen LogP contribution in [0.25, 0.3) is 22.2 Å². The quantitative estimate of drug-likeness (QED) is 0.446. The largest absolute Gasteiger partial charge is 0.386 e. The van der Waals surface area contributed by atoms with Gasteiger partial charge in [-0.15, -0.1) is 0 Å². The lowest BCUT2D eigenvalue weighted by Crippen LogP contribution is -2.16. The van der Waals surface area contributed by atoms with Crippen molar-refractivity contribution in [2.24, 2.45) is 0 Å². The van der Waals surface area contributed by atoms with Crippen molar-refractivity contribution < 1.29 is 5.11 Å². The summed E-state index contributed by atoms with van der Waals surface area (Å²) in [5, 5.41) is 11.2. The number of fused-ring (bicyclic) bond motifs is 1. The highest BCUT2D eigenvalue weighted by molar-refractivity contribution is 6.30. The molecule has 0 bridgehead atoms. The van der Waals surface area contributed by atoms with E-state index in [1.807, 2.05) is 66.7 Å². The molecule has 0 fully saturated rings. The molecule has 4 rings (SSSR count). The molecule has 0 saturated carbocycles. The Hall–Kier alpha value is -3.06. The summed E-state index contributed by atoms with van der Waals surface area (Å²) >= 11 is 6.00. The highest BCUT2D eigenvalue weighted by atomic mass is 35.5. The minimum Gasteiger partial charge on any atom is -0.386 e. The first kappa shape index (κ1) is 18.3. The van der Waals surface area contributed by atoms with Gasteiger partial charge in [-0.1, -0.05) is 53.9 Å². The lowest BCUT2D eigenvalue weighted by Gasteiger charge is -2.21. The number of hydrogen-bond donors (Lipinski definition) is 2. The molecule has 4 heteroatoms. The Labute approximate surface area is 169 Å². The van der Waals surface area contributed by atoms with Gasteiger partial charge in [0.2, 0.25) is 0 Å². The lowest BCUT2D eigenvalue weighted by molar-refractivity contribution is 0.0792.